The quantitative estimate of drug-likeness (QED) is 0.497. The number of aromatic nitrogens is 1. The van der Waals surface area contributed by atoms with Crippen LogP contribution >= 0.6 is 11.3 Å². The highest BCUT2D eigenvalue weighted by Crippen LogP contribution is 2.28. The van der Waals surface area contributed by atoms with E-state index in [0.29, 0.717) is 17.3 Å². The molecule has 27 heavy (non-hydrogen) atoms. The Bertz CT molecular complexity index is 1050. The Kier molecular flexibility index (Phi) is 4.85. The van der Waals surface area contributed by atoms with Gasteiger partial charge in [-0.1, -0.05) is 54.6 Å². The van der Waals surface area contributed by atoms with Gasteiger partial charge >= 0.3 is 0 Å². The summed E-state index contributed by atoms with van der Waals surface area (Å²) in [5.41, 5.74) is 3.50. The molecule has 0 atom stereocenters. The predicted molar refractivity (Wildman–Crippen MR) is 109 cm³/mol. The fourth-order valence-corrected chi connectivity index (χ4v) is 3.55. The van der Waals surface area contributed by atoms with Crippen molar-refractivity contribution in [2.24, 2.45) is 0 Å². The normalized spacial score (nSPS) is 10.7. The van der Waals surface area contributed by atoms with Gasteiger partial charge in [0.15, 0.2) is 0 Å². The lowest BCUT2D eigenvalue weighted by Gasteiger charge is -2.11. The molecule has 2 aromatic heterocycles. The fraction of sp³-hybridized carbons (Fsp3) is 0.0909. The molecule has 0 fully saturated rings. The van der Waals surface area contributed by atoms with Crippen molar-refractivity contribution in [3.05, 3.63) is 83.6 Å². The van der Waals surface area contributed by atoms with Gasteiger partial charge < -0.3 is 9.73 Å². The second kappa shape index (κ2) is 7.60. The summed E-state index contributed by atoms with van der Waals surface area (Å²) in [6.07, 6.45) is 0.170. The van der Waals surface area contributed by atoms with Crippen LogP contribution in [0.15, 0.2) is 76.5 Å². The number of carbonyl (C=O) groups excluding carboxylic acids is 1. The van der Waals surface area contributed by atoms with Gasteiger partial charge in [0.05, 0.1) is 17.0 Å². The average Bonchev–Trinajstić information content (AvgIpc) is 3.33. The molecular formula is C22H18N2O2S. The Morgan fingerprint density at radius 2 is 1.81 bits per heavy atom. The first-order chi connectivity index (χ1) is 13.2. The van der Waals surface area contributed by atoms with E-state index in [-0.39, 0.29) is 12.3 Å². The van der Waals surface area contributed by atoms with Crippen molar-refractivity contribution in [3.63, 3.8) is 0 Å². The number of para-hydroxylation sites is 1. The number of benzene rings is 2. The molecule has 0 bridgehead atoms. The summed E-state index contributed by atoms with van der Waals surface area (Å²) < 4.78 is 5.72. The Morgan fingerprint density at radius 3 is 2.59 bits per heavy atom. The number of rotatable bonds is 5. The van der Waals surface area contributed by atoms with Crippen LogP contribution in [0.3, 0.4) is 0 Å². The summed E-state index contributed by atoms with van der Waals surface area (Å²) in [7, 11) is 0. The van der Waals surface area contributed by atoms with Gasteiger partial charge in [-0.05, 0) is 30.0 Å². The van der Waals surface area contributed by atoms with Crippen LogP contribution in [0.25, 0.3) is 21.9 Å². The number of amides is 1. The number of hydrogen-bond donors (Lipinski definition) is 1. The molecule has 0 aliphatic carbocycles. The number of oxazole rings is 1. The molecule has 0 aliphatic heterocycles. The number of aryl methyl sites for hydroxylation is 1. The molecule has 1 N–H and O–H groups in total. The van der Waals surface area contributed by atoms with Crippen molar-refractivity contribution in [2.45, 2.75) is 13.3 Å². The molecule has 0 unspecified atom stereocenters. The van der Waals surface area contributed by atoms with Crippen LogP contribution in [0.2, 0.25) is 0 Å². The first-order valence-electron chi connectivity index (χ1n) is 8.65. The summed E-state index contributed by atoms with van der Waals surface area (Å²) >= 11 is 1.56. The SMILES string of the molecule is Cc1oc(-c2cccs2)nc1CC(=O)Nc1ccccc1-c1ccccc1. The lowest BCUT2D eigenvalue weighted by Crippen LogP contribution is -2.15. The molecule has 4 nitrogen and oxygen atoms in total. The zero-order chi connectivity index (χ0) is 18.6. The van der Waals surface area contributed by atoms with Gasteiger partial charge in [-0.3, -0.25) is 4.79 Å². The van der Waals surface area contributed by atoms with Gasteiger partial charge in [-0.25, -0.2) is 4.98 Å². The minimum Gasteiger partial charge on any atom is -0.440 e. The highest BCUT2D eigenvalue weighted by atomic mass is 32.1. The largest absolute Gasteiger partial charge is 0.440 e. The minimum absolute atomic E-state index is 0.118. The number of nitrogens with zero attached hydrogens (tertiary/aromatic N) is 1. The number of nitrogens with one attached hydrogen (secondary N) is 1. The van der Waals surface area contributed by atoms with Gasteiger partial charge in [0.2, 0.25) is 11.8 Å². The number of thiophene rings is 1. The molecule has 134 valence electrons. The monoisotopic (exact) mass is 374 g/mol. The Hall–Kier alpha value is -3.18. The maximum absolute atomic E-state index is 12.6. The molecule has 0 saturated carbocycles. The van der Waals surface area contributed by atoms with Crippen LogP contribution in [0.1, 0.15) is 11.5 Å². The van der Waals surface area contributed by atoms with Crippen molar-refractivity contribution in [2.75, 3.05) is 5.32 Å². The second-order valence-electron chi connectivity index (χ2n) is 6.14. The Labute approximate surface area is 161 Å². The summed E-state index contributed by atoms with van der Waals surface area (Å²) in [6.45, 7) is 1.84. The van der Waals surface area contributed by atoms with Gasteiger partial charge in [0, 0.05) is 11.3 Å². The van der Waals surface area contributed by atoms with Gasteiger partial charge in [0.1, 0.15) is 5.76 Å². The molecule has 0 saturated heterocycles. The van der Waals surface area contributed by atoms with E-state index >= 15 is 0 Å². The standard InChI is InChI=1S/C22H18N2O2S/c1-15-19(24-22(26-15)20-12-7-13-27-20)14-21(25)23-18-11-6-5-10-17(18)16-8-3-2-4-9-16/h2-13H,14H2,1H3,(H,23,25). The smallest absolute Gasteiger partial charge is 0.236 e. The van der Waals surface area contributed by atoms with Crippen LogP contribution in [0, 0.1) is 6.92 Å². The third-order valence-corrected chi connectivity index (χ3v) is 5.10. The lowest BCUT2D eigenvalue weighted by molar-refractivity contribution is -0.115. The molecular weight excluding hydrogens is 356 g/mol. The molecule has 0 spiro atoms. The van der Waals surface area contributed by atoms with Crippen molar-refractivity contribution < 1.29 is 9.21 Å². The first-order valence-corrected chi connectivity index (χ1v) is 9.53. The Morgan fingerprint density at radius 1 is 1.04 bits per heavy atom. The van der Waals surface area contributed by atoms with E-state index in [9.17, 15) is 4.79 Å². The molecule has 2 aromatic carbocycles. The zero-order valence-corrected chi connectivity index (χ0v) is 15.6. The van der Waals surface area contributed by atoms with Gasteiger partial charge in [-0.15, -0.1) is 11.3 Å². The molecule has 0 radical (unpaired) electrons. The van der Waals surface area contributed by atoms with E-state index in [1.54, 1.807) is 11.3 Å². The summed E-state index contributed by atoms with van der Waals surface area (Å²) in [6, 6.07) is 21.7. The van der Waals surface area contributed by atoms with Crippen molar-refractivity contribution in [1.29, 1.82) is 0 Å². The van der Waals surface area contributed by atoms with Gasteiger partial charge in [-0.2, -0.15) is 0 Å². The Balaban J connectivity index is 1.53. The highest BCUT2D eigenvalue weighted by molar-refractivity contribution is 7.13. The topological polar surface area (TPSA) is 55.1 Å². The van der Waals surface area contributed by atoms with Gasteiger partial charge in [0.25, 0.3) is 0 Å². The second-order valence-corrected chi connectivity index (χ2v) is 7.08. The van der Waals surface area contributed by atoms with Crippen molar-refractivity contribution in [1.82, 2.24) is 4.98 Å². The summed E-state index contributed by atoms with van der Waals surface area (Å²) in [5.74, 6) is 1.12. The molecule has 5 heteroatoms. The van der Waals surface area contributed by atoms with Crippen molar-refractivity contribution >= 4 is 22.9 Å². The number of carbonyl (C=O) groups is 1. The predicted octanol–water partition coefficient (Wildman–Crippen LogP) is 5.56. The lowest BCUT2D eigenvalue weighted by atomic mass is 10.0. The third-order valence-electron chi connectivity index (χ3n) is 4.24. The van der Waals surface area contributed by atoms with E-state index in [4.69, 9.17) is 4.42 Å². The van der Waals surface area contributed by atoms with Crippen LogP contribution in [0.5, 0.6) is 0 Å². The molecule has 0 aliphatic rings. The van der Waals surface area contributed by atoms with Crippen LogP contribution in [0.4, 0.5) is 5.69 Å². The summed E-state index contributed by atoms with van der Waals surface area (Å²) in [4.78, 5) is 18.1. The van der Waals surface area contributed by atoms with Crippen LogP contribution in [-0.2, 0) is 11.2 Å². The molecule has 4 aromatic rings. The average molecular weight is 374 g/mol. The zero-order valence-electron chi connectivity index (χ0n) is 14.8. The minimum atomic E-state index is -0.118. The summed E-state index contributed by atoms with van der Waals surface area (Å²) in [5, 5.41) is 4.98. The van der Waals surface area contributed by atoms with Crippen molar-refractivity contribution in [3.8, 4) is 21.9 Å². The molecule has 2 heterocycles. The number of anilines is 1. The van der Waals surface area contributed by atoms with Crippen LogP contribution in [-0.4, -0.2) is 10.9 Å². The number of hydrogen-bond acceptors (Lipinski definition) is 4. The van der Waals surface area contributed by atoms with Crippen LogP contribution < -0.4 is 5.32 Å². The van der Waals surface area contributed by atoms with E-state index < -0.39 is 0 Å². The molecule has 1 amide bonds. The maximum Gasteiger partial charge on any atom is 0.236 e. The van der Waals surface area contributed by atoms with E-state index in [1.807, 2.05) is 79.0 Å². The van der Waals surface area contributed by atoms with E-state index in [2.05, 4.69) is 10.3 Å². The third kappa shape index (κ3) is 3.83. The van der Waals surface area contributed by atoms with E-state index in [0.717, 1.165) is 21.7 Å². The maximum atomic E-state index is 12.6. The van der Waals surface area contributed by atoms with E-state index in [1.165, 1.54) is 0 Å². The highest BCUT2D eigenvalue weighted by Gasteiger charge is 2.16. The molecule has 4 rings (SSSR count). The fourth-order valence-electron chi connectivity index (χ4n) is 2.91. The first kappa shape index (κ1) is 17.2.